The number of hydrogen-bond acceptors (Lipinski definition) is 5. The van der Waals surface area contributed by atoms with Crippen molar-refractivity contribution in [1.29, 1.82) is 0 Å². The number of hydrogen-bond donors (Lipinski definition) is 4. The number of amides is 2. The molecule has 0 bridgehead atoms. The third-order valence-electron chi connectivity index (χ3n) is 2.45. The number of nitrogen functional groups attached to an aromatic ring is 1. The number of nitrogens with two attached hydrogens (primary N) is 1. The molecule has 0 atom stereocenters. The van der Waals surface area contributed by atoms with Crippen molar-refractivity contribution in [3.05, 3.63) is 22.8 Å². The fourth-order valence-corrected chi connectivity index (χ4v) is 1.63. The van der Waals surface area contributed by atoms with Gasteiger partial charge in [-0.3, -0.25) is 9.59 Å². The lowest BCUT2D eigenvalue weighted by atomic mass is 10.2. The van der Waals surface area contributed by atoms with E-state index in [1.807, 2.05) is 6.92 Å². The van der Waals surface area contributed by atoms with Crippen LogP contribution >= 0.6 is 11.6 Å². The second-order valence-electron chi connectivity index (χ2n) is 4.05. The summed E-state index contributed by atoms with van der Waals surface area (Å²) in [6, 6.07) is 1.45. The summed E-state index contributed by atoms with van der Waals surface area (Å²) in [6.45, 7) is 2.86. The number of anilines is 1. The van der Waals surface area contributed by atoms with Crippen molar-refractivity contribution in [2.24, 2.45) is 5.84 Å². The highest BCUT2D eigenvalue weighted by Gasteiger charge is 2.09. The maximum atomic E-state index is 11.8. The molecule has 0 saturated heterocycles. The van der Waals surface area contributed by atoms with Crippen LogP contribution in [-0.4, -0.2) is 29.9 Å². The van der Waals surface area contributed by atoms with E-state index >= 15 is 0 Å². The first-order valence-corrected chi connectivity index (χ1v) is 6.63. The fraction of sp³-hybridized carbons (Fsp3) is 0.417. The molecule has 8 heteroatoms. The molecule has 0 aliphatic carbocycles. The molecule has 0 fully saturated rings. The number of rotatable bonds is 7. The van der Waals surface area contributed by atoms with Crippen LogP contribution < -0.4 is 21.9 Å². The van der Waals surface area contributed by atoms with E-state index in [1.54, 1.807) is 0 Å². The monoisotopic (exact) mass is 299 g/mol. The van der Waals surface area contributed by atoms with Gasteiger partial charge in [-0.25, -0.2) is 10.8 Å². The molecule has 1 aromatic rings. The van der Waals surface area contributed by atoms with Gasteiger partial charge in [0.2, 0.25) is 5.91 Å². The normalized spacial score (nSPS) is 9.95. The quantitative estimate of drug-likeness (QED) is 0.437. The summed E-state index contributed by atoms with van der Waals surface area (Å²) < 4.78 is 0. The number of hydrazine groups is 1. The van der Waals surface area contributed by atoms with E-state index in [0.29, 0.717) is 17.9 Å². The maximum absolute atomic E-state index is 11.8. The van der Waals surface area contributed by atoms with Gasteiger partial charge in [0.1, 0.15) is 0 Å². The first-order chi connectivity index (χ1) is 9.58. The lowest BCUT2D eigenvalue weighted by molar-refractivity contribution is -0.120. The van der Waals surface area contributed by atoms with Gasteiger partial charge in [-0.2, -0.15) is 0 Å². The molecule has 5 N–H and O–H groups in total. The fourth-order valence-electron chi connectivity index (χ4n) is 1.41. The zero-order chi connectivity index (χ0) is 15.0. The maximum Gasteiger partial charge on any atom is 0.252 e. The predicted molar refractivity (Wildman–Crippen MR) is 77.3 cm³/mol. The molecule has 0 radical (unpaired) electrons. The van der Waals surface area contributed by atoms with Crippen molar-refractivity contribution >= 4 is 29.2 Å². The Morgan fingerprint density at radius 2 is 2.10 bits per heavy atom. The molecule has 0 unspecified atom stereocenters. The smallest absolute Gasteiger partial charge is 0.252 e. The first-order valence-electron chi connectivity index (χ1n) is 6.25. The van der Waals surface area contributed by atoms with Crippen LogP contribution in [0.1, 0.15) is 30.1 Å². The van der Waals surface area contributed by atoms with Gasteiger partial charge in [0.15, 0.2) is 5.82 Å². The lowest BCUT2D eigenvalue weighted by Crippen LogP contribution is -2.31. The van der Waals surface area contributed by atoms with Crippen LogP contribution in [0.15, 0.2) is 12.3 Å². The van der Waals surface area contributed by atoms with Crippen molar-refractivity contribution in [3.63, 3.8) is 0 Å². The van der Waals surface area contributed by atoms with Crippen molar-refractivity contribution in [1.82, 2.24) is 15.6 Å². The van der Waals surface area contributed by atoms with E-state index in [1.165, 1.54) is 12.3 Å². The number of halogens is 1. The Kier molecular flexibility index (Phi) is 6.75. The summed E-state index contributed by atoms with van der Waals surface area (Å²) in [5, 5.41) is 5.60. The summed E-state index contributed by atoms with van der Waals surface area (Å²) in [5.41, 5.74) is 2.62. The number of carbonyl (C=O) groups is 2. The van der Waals surface area contributed by atoms with Crippen LogP contribution in [0.2, 0.25) is 5.02 Å². The third kappa shape index (κ3) is 5.02. The molecule has 7 nitrogen and oxygen atoms in total. The minimum Gasteiger partial charge on any atom is -0.356 e. The highest BCUT2D eigenvalue weighted by Crippen LogP contribution is 2.18. The number of carbonyl (C=O) groups excluding carboxylic acids is 2. The van der Waals surface area contributed by atoms with E-state index < -0.39 is 0 Å². The standard InChI is InChI=1S/C12H18ClN5O2/c1-2-4-15-10(19)3-5-16-12(20)8-6-9(13)11(18-14)17-7-8/h6-7H,2-5,14H2,1H3,(H,15,19)(H,16,20)(H,17,18). The van der Waals surface area contributed by atoms with Gasteiger partial charge >= 0.3 is 0 Å². The number of nitrogens with zero attached hydrogens (tertiary/aromatic N) is 1. The molecule has 0 saturated carbocycles. The molecule has 1 aromatic heterocycles. The second-order valence-corrected chi connectivity index (χ2v) is 4.46. The number of nitrogens with one attached hydrogen (secondary N) is 3. The molecule has 0 spiro atoms. The molecule has 0 aromatic carbocycles. The van der Waals surface area contributed by atoms with Gasteiger partial charge in [-0.15, -0.1) is 0 Å². The average molecular weight is 300 g/mol. The molecule has 1 heterocycles. The minimum absolute atomic E-state index is 0.0917. The highest BCUT2D eigenvalue weighted by molar-refractivity contribution is 6.33. The Hall–Kier alpha value is -1.86. The molecule has 20 heavy (non-hydrogen) atoms. The van der Waals surface area contributed by atoms with Crippen LogP contribution in [0, 0.1) is 0 Å². The molecule has 0 aliphatic heterocycles. The van der Waals surface area contributed by atoms with E-state index in [9.17, 15) is 9.59 Å². The summed E-state index contributed by atoms with van der Waals surface area (Å²) >= 11 is 5.87. The summed E-state index contributed by atoms with van der Waals surface area (Å²) in [5.74, 6) is 5.05. The van der Waals surface area contributed by atoms with Crippen LogP contribution in [-0.2, 0) is 4.79 Å². The highest BCUT2D eigenvalue weighted by atomic mass is 35.5. The SMILES string of the molecule is CCCNC(=O)CCNC(=O)c1cnc(NN)c(Cl)c1. The van der Waals surface area contributed by atoms with E-state index in [0.717, 1.165) is 6.42 Å². The Bertz CT molecular complexity index is 481. The molecule has 0 aliphatic rings. The topological polar surface area (TPSA) is 109 Å². The third-order valence-corrected chi connectivity index (χ3v) is 2.74. The van der Waals surface area contributed by atoms with Crippen LogP contribution in [0.25, 0.3) is 0 Å². The second kappa shape index (κ2) is 8.34. The van der Waals surface area contributed by atoms with Crippen molar-refractivity contribution in [2.75, 3.05) is 18.5 Å². The van der Waals surface area contributed by atoms with Crippen LogP contribution in [0.5, 0.6) is 0 Å². The van der Waals surface area contributed by atoms with Crippen molar-refractivity contribution in [2.45, 2.75) is 19.8 Å². The van der Waals surface area contributed by atoms with E-state index in [-0.39, 0.29) is 29.8 Å². The first kappa shape index (κ1) is 16.2. The summed E-state index contributed by atoms with van der Waals surface area (Å²) in [4.78, 5) is 27.0. The summed E-state index contributed by atoms with van der Waals surface area (Å²) in [7, 11) is 0. The molecule has 1 rings (SSSR count). The number of aromatic nitrogens is 1. The molecular formula is C12H18ClN5O2. The molecule has 110 valence electrons. The van der Waals surface area contributed by atoms with E-state index in [2.05, 4.69) is 21.0 Å². The Balaban J connectivity index is 2.43. The van der Waals surface area contributed by atoms with Gasteiger partial charge in [0.05, 0.1) is 10.6 Å². The number of pyridine rings is 1. The van der Waals surface area contributed by atoms with Gasteiger partial charge in [0, 0.05) is 25.7 Å². The van der Waals surface area contributed by atoms with Crippen molar-refractivity contribution in [3.8, 4) is 0 Å². The van der Waals surface area contributed by atoms with Gasteiger partial charge in [-0.1, -0.05) is 18.5 Å². The van der Waals surface area contributed by atoms with Crippen LogP contribution in [0.4, 0.5) is 5.82 Å². The lowest BCUT2D eigenvalue weighted by Gasteiger charge is -2.07. The zero-order valence-corrected chi connectivity index (χ0v) is 12.0. The molecule has 2 amide bonds. The summed E-state index contributed by atoms with van der Waals surface area (Å²) in [6.07, 6.45) is 2.46. The Labute approximate surface area is 122 Å². The van der Waals surface area contributed by atoms with Crippen LogP contribution in [0.3, 0.4) is 0 Å². The van der Waals surface area contributed by atoms with Crippen molar-refractivity contribution < 1.29 is 9.59 Å². The average Bonchev–Trinajstić information content (AvgIpc) is 2.44. The Morgan fingerprint density at radius 3 is 2.70 bits per heavy atom. The van der Waals surface area contributed by atoms with Gasteiger partial charge in [0.25, 0.3) is 5.91 Å². The molecular weight excluding hydrogens is 282 g/mol. The van der Waals surface area contributed by atoms with Gasteiger partial charge in [-0.05, 0) is 12.5 Å². The predicted octanol–water partition coefficient (Wildman–Crippen LogP) is 0.667. The zero-order valence-electron chi connectivity index (χ0n) is 11.2. The minimum atomic E-state index is -0.341. The van der Waals surface area contributed by atoms with E-state index in [4.69, 9.17) is 17.4 Å². The Morgan fingerprint density at radius 1 is 1.35 bits per heavy atom. The van der Waals surface area contributed by atoms with Gasteiger partial charge < -0.3 is 16.1 Å². The largest absolute Gasteiger partial charge is 0.356 e.